The van der Waals surface area contributed by atoms with Crippen LogP contribution < -0.4 is 5.32 Å². The Morgan fingerprint density at radius 2 is 2.17 bits per heavy atom. The van der Waals surface area contributed by atoms with Crippen LogP contribution in [-0.4, -0.2) is 21.1 Å². The van der Waals surface area contributed by atoms with Crippen molar-refractivity contribution >= 4 is 34.8 Å². The monoisotopic (exact) mass is 284 g/mol. The Morgan fingerprint density at radius 1 is 1.39 bits per heavy atom. The molecule has 0 fully saturated rings. The van der Waals surface area contributed by atoms with E-state index < -0.39 is 5.91 Å². The average Bonchev–Trinajstić information content (AvgIpc) is 2.82. The number of carbonyl (C=O) groups excluding carboxylic acids is 1. The number of hydrogen-bond acceptors (Lipinski definition) is 3. The summed E-state index contributed by atoms with van der Waals surface area (Å²) in [4.78, 5) is 15.8. The third-order valence-corrected chi connectivity index (χ3v) is 2.99. The second kappa shape index (κ2) is 5.37. The summed E-state index contributed by atoms with van der Waals surface area (Å²) in [6, 6.07) is 4.82. The van der Waals surface area contributed by atoms with Crippen molar-refractivity contribution in [1.29, 1.82) is 0 Å². The quantitative estimate of drug-likeness (QED) is 0.910. The molecule has 2 aromatic rings. The number of halogens is 2. The molecule has 0 aliphatic carbocycles. The molecule has 0 spiro atoms. The van der Waals surface area contributed by atoms with Crippen molar-refractivity contribution in [3.8, 4) is 0 Å². The van der Waals surface area contributed by atoms with Crippen LogP contribution in [0, 0.1) is 0 Å². The molecular formula is C11H10Cl2N4O. The summed E-state index contributed by atoms with van der Waals surface area (Å²) in [5, 5.41) is 9.93. The summed E-state index contributed by atoms with van der Waals surface area (Å²) >= 11 is 11.6. The van der Waals surface area contributed by atoms with Gasteiger partial charge in [-0.3, -0.25) is 9.89 Å². The summed E-state index contributed by atoms with van der Waals surface area (Å²) < 4.78 is 0. The van der Waals surface area contributed by atoms with Crippen molar-refractivity contribution in [3.05, 3.63) is 39.9 Å². The molecule has 0 bridgehead atoms. The SMILES string of the molecule is CCc1nc(C(=O)Nc2ccc(Cl)c(Cl)c2)n[nH]1. The first-order valence-electron chi connectivity index (χ1n) is 5.28. The molecule has 0 saturated carbocycles. The topological polar surface area (TPSA) is 70.7 Å². The van der Waals surface area contributed by atoms with Crippen LogP contribution in [0.1, 0.15) is 23.4 Å². The lowest BCUT2D eigenvalue weighted by atomic mass is 10.3. The number of carbonyl (C=O) groups is 1. The van der Waals surface area contributed by atoms with Crippen molar-refractivity contribution in [2.75, 3.05) is 5.32 Å². The molecule has 1 amide bonds. The zero-order chi connectivity index (χ0) is 13.1. The van der Waals surface area contributed by atoms with Crippen molar-refractivity contribution in [3.63, 3.8) is 0 Å². The van der Waals surface area contributed by atoms with E-state index in [0.717, 1.165) is 0 Å². The molecule has 7 heteroatoms. The van der Waals surface area contributed by atoms with Gasteiger partial charge in [0.25, 0.3) is 5.91 Å². The van der Waals surface area contributed by atoms with Crippen molar-refractivity contribution < 1.29 is 4.79 Å². The number of H-pyrrole nitrogens is 1. The van der Waals surface area contributed by atoms with Crippen LogP contribution in [0.4, 0.5) is 5.69 Å². The average molecular weight is 285 g/mol. The normalized spacial score (nSPS) is 10.4. The first-order valence-corrected chi connectivity index (χ1v) is 6.03. The number of aromatic amines is 1. The Hall–Kier alpha value is -1.59. The van der Waals surface area contributed by atoms with Crippen LogP contribution in [0.15, 0.2) is 18.2 Å². The van der Waals surface area contributed by atoms with E-state index in [0.29, 0.717) is 28.0 Å². The maximum absolute atomic E-state index is 11.8. The number of nitrogens with zero attached hydrogens (tertiary/aromatic N) is 2. The molecule has 2 rings (SSSR count). The Balaban J connectivity index is 2.13. The third kappa shape index (κ3) is 2.80. The molecule has 0 radical (unpaired) electrons. The van der Waals surface area contributed by atoms with E-state index >= 15 is 0 Å². The van der Waals surface area contributed by atoms with Crippen LogP contribution >= 0.6 is 23.2 Å². The number of benzene rings is 1. The number of nitrogens with one attached hydrogen (secondary N) is 2. The smallest absolute Gasteiger partial charge is 0.295 e. The molecule has 5 nitrogen and oxygen atoms in total. The lowest BCUT2D eigenvalue weighted by Crippen LogP contribution is -2.13. The predicted molar refractivity (Wildman–Crippen MR) is 70.2 cm³/mol. The fourth-order valence-corrected chi connectivity index (χ4v) is 1.61. The molecule has 1 heterocycles. The lowest BCUT2D eigenvalue weighted by Gasteiger charge is -2.03. The summed E-state index contributed by atoms with van der Waals surface area (Å²) in [6.45, 7) is 1.92. The minimum absolute atomic E-state index is 0.0953. The molecule has 1 aromatic carbocycles. The largest absolute Gasteiger partial charge is 0.319 e. The van der Waals surface area contributed by atoms with Gasteiger partial charge in [-0.05, 0) is 18.2 Å². The van der Waals surface area contributed by atoms with Crippen molar-refractivity contribution in [2.45, 2.75) is 13.3 Å². The molecule has 1 aromatic heterocycles. The van der Waals surface area contributed by atoms with E-state index in [1.807, 2.05) is 6.92 Å². The van der Waals surface area contributed by atoms with E-state index in [2.05, 4.69) is 20.5 Å². The van der Waals surface area contributed by atoms with Gasteiger partial charge in [0.15, 0.2) is 0 Å². The van der Waals surface area contributed by atoms with Crippen LogP contribution in [-0.2, 0) is 6.42 Å². The highest BCUT2D eigenvalue weighted by atomic mass is 35.5. The maximum atomic E-state index is 11.8. The van der Waals surface area contributed by atoms with E-state index in [1.54, 1.807) is 18.2 Å². The number of amides is 1. The second-order valence-corrected chi connectivity index (χ2v) is 4.36. The highest BCUT2D eigenvalue weighted by molar-refractivity contribution is 6.42. The maximum Gasteiger partial charge on any atom is 0.295 e. The van der Waals surface area contributed by atoms with Gasteiger partial charge in [0.05, 0.1) is 10.0 Å². The fraction of sp³-hybridized carbons (Fsp3) is 0.182. The molecular weight excluding hydrogens is 275 g/mol. The van der Waals surface area contributed by atoms with Gasteiger partial charge in [-0.1, -0.05) is 30.1 Å². The predicted octanol–water partition coefficient (Wildman–Crippen LogP) is 2.93. The zero-order valence-corrected chi connectivity index (χ0v) is 11.0. The molecule has 94 valence electrons. The fourth-order valence-electron chi connectivity index (χ4n) is 1.32. The number of aryl methyl sites for hydroxylation is 1. The third-order valence-electron chi connectivity index (χ3n) is 2.25. The number of anilines is 1. The zero-order valence-electron chi connectivity index (χ0n) is 9.50. The molecule has 0 aliphatic rings. The van der Waals surface area contributed by atoms with Gasteiger partial charge in [-0.25, -0.2) is 4.98 Å². The molecule has 0 atom stereocenters. The van der Waals surface area contributed by atoms with Gasteiger partial charge in [-0.2, -0.15) is 0 Å². The molecule has 0 unspecified atom stereocenters. The van der Waals surface area contributed by atoms with Crippen LogP contribution in [0.25, 0.3) is 0 Å². The molecule has 18 heavy (non-hydrogen) atoms. The Kier molecular flexibility index (Phi) is 3.84. The van der Waals surface area contributed by atoms with Crippen molar-refractivity contribution in [2.24, 2.45) is 0 Å². The highest BCUT2D eigenvalue weighted by Crippen LogP contribution is 2.25. The van der Waals surface area contributed by atoms with E-state index in [4.69, 9.17) is 23.2 Å². The summed E-state index contributed by atoms with van der Waals surface area (Å²) in [6.07, 6.45) is 0.688. The van der Waals surface area contributed by atoms with E-state index in [9.17, 15) is 4.79 Å². The molecule has 0 saturated heterocycles. The Bertz CT molecular complexity index is 582. The lowest BCUT2D eigenvalue weighted by molar-refractivity contribution is 0.101. The Labute approximate surface area is 114 Å². The number of hydrogen-bond donors (Lipinski definition) is 2. The van der Waals surface area contributed by atoms with Crippen LogP contribution in [0.2, 0.25) is 10.0 Å². The summed E-state index contributed by atoms with van der Waals surface area (Å²) in [5.41, 5.74) is 0.539. The van der Waals surface area contributed by atoms with Crippen molar-refractivity contribution in [1.82, 2.24) is 15.2 Å². The standard InChI is InChI=1S/C11H10Cl2N4O/c1-2-9-15-10(17-16-9)11(18)14-6-3-4-7(12)8(13)5-6/h3-5H,2H2,1H3,(H,14,18)(H,15,16,17). The molecule has 0 aliphatic heterocycles. The van der Waals surface area contributed by atoms with Crippen LogP contribution in [0.3, 0.4) is 0 Å². The number of rotatable bonds is 3. The van der Waals surface area contributed by atoms with Gasteiger partial charge >= 0.3 is 0 Å². The first-order chi connectivity index (χ1) is 8.60. The van der Waals surface area contributed by atoms with Crippen LogP contribution in [0.5, 0.6) is 0 Å². The van der Waals surface area contributed by atoms with Gasteiger partial charge in [0, 0.05) is 12.1 Å². The second-order valence-electron chi connectivity index (χ2n) is 3.54. The minimum atomic E-state index is -0.399. The first kappa shape index (κ1) is 12.9. The highest BCUT2D eigenvalue weighted by Gasteiger charge is 2.12. The van der Waals surface area contributed by atoms with E-state index in [1.165, 1.54) is 0 Å². The molecule has 2 N–H and O–H groups in total. The van der Waals surface area contributed by atoms with Gasteiger partial charge in [-0.15, -0.1) is 5.10 Å². The van der Waals surface area contributed by atoms with E-state index in [-0.39, 0.29) is 5.82 Å². The Morgan fingerprint density at radius 3 is 2.78 bits per heavy atom. The number of aromatic nitrogens is 3. The van der Waals surface area contributed by atoms with Gasteiger partial charge in [0.2, 0.25) is 5.82 Å². The van der Waals surface area contributed by atoms with Gasteiger partial charge < -0.3 is 5.32 Å². The van der Waals surface area contributed by atoms with Gasteiger partial charge in [0.1, 0.15) is 5.82 Å². The summed E-state index contributed by atoms with van der Waals surface area (Å²) in [7, 11) is 0. The minimum Gasteiger partial charge on any atom is -0.319 e. The summed E-state index contributed by atoms with van der Waals surface area (Å²) in [5.74, 6) is 0.358.